The number of rotatable bonds is 11. The average Bonchev–Trinajstić information content (AvgIpc) is 3.46. The van der Waals surface area contributed by atoms with Gasteiger partial charge in [0.25, 0.3) is 0 Å². The van der Waals surface area contributed by atoms with Crippen molar-refractivity contribution in [1.82, 2.24) is 30.6 Å². The number of carbonyl (C=O) groups is 2. The number of nitrogens with one attached hydrogen (secondary N) is 2. The van der Waals surface area contributed by atoms with Gasteiger partial charge in [0.2, 0.25) is 5.82 Å². The van der Waals surface area contributed by atoms with Crippen LogP contribution in [0.3, 0.4) is 0 Å². The van der Waals surface area contributed by atoms with Gasteiger partial charge in [0.15, 0.2) is 5.78 Å². The Morgan fingerprint density at radius 1 is 1.00 bits per heavy atom. The maximum atomic E-state index is 12.9. The number of tetrazole rings is 1. The van der Waals surface area contributed by atoms with Gasteiger partial charge in [-0.2, -0.15) is 5.21 Å². The molecule has 0 saturated carbocycles. The van der Waals surface area contributed by atoms with Crippen LogP contribution in [0.15, 0.2) is 54.7 Å². The summed E-state index contributed by atoms with van der Waals surface area (Å²) in [5.41, 5.74) is 3.14. The zero-order chi connectivity index (χ0) is 25.3. The average molecular weight is 486 g/mol. The topological polar surface area (TPSA) is 136 Å². The Hall–Kier alpha value is -4.47. The molecule has 0 aliphatic carbocycles. The largest absolute Gasteiger partial charge is 0.462 e. The second-order valence-electron chi connectivity index (χ2n) is 8.06. The van der Waals surface area contributed by atoms with E-state index in [1.807, 2.05) is 12.1 Å². The van der Waals surface area contributed by atoms with Gasteiger partial charge in [-0.25, -0.2) is 14.8 Å². The van der Waals surface area contributed by atoms with E-state index in [1.165, 1.54) is 6.20 Å². The van der Waals surface area contributed by atoms with Crippen molar-refractivity contribution in [2.45, 2.75) is 39.7 Å². The minimum absolute atomic E-state index is 0.0878. The summed E-state index contributed by atoms with van der Waals surface area (Å²) in [6, 6.07) is 14.4. The third-order valence-corrected chi connectivity index (χ3v) is 5.51. The first-order chi connectivity index (χ1) is 17.6. The second-order valence-corrected chi connectivity index (χ2v) is 8.06. The summed E-state index contributed by atoms with van der Waals surface area (Å²) >= 11 is 0. The van der Waals surface area contributed by atoms with Crippen LogP contribution in [0.4, 0.5) is 5.82 Å². The highest BCUT2D eigenvalue weighted by Crippen LogP contribution is 2.19. The maximum absolute atomic E-state index is 12.9. The van der Waals surface area contributed by atoms with Crippen molar-refractivity contribution in [3.05, 3.63) is 82.8 Å². The molecule has 4 aromatic rings. The number of unbranched alkanes of at least 4 members (excludes halogenated alkanes) is 1. The molecule has 0 amide bonds. The molecule has 0 unspecified atom stereocenters. The van der Waals surface area contributed by atoms with Crippen molar-refractivity contribution in [2.75, 3.05) is 11.9 Å². The Morgan fingerprint density at radius 3 is 2.36 bits per heavy atom. The van der Waals surface area contributed by atoms with Crippen molar-refractivity contribution >= 4 is 17.6 Å². The molecule has 0 atom stereocenters. The number of aromatic nitrogens is 6. The number of anilines is 1. The van der Waals surface area contributed by atoms with Crippen molar-refractivity contribution in [1.29, 1.82) is 0 Å². The number of nitrogens with zero attached hydrogens (tertiary/aromatic N) is 5. The van der Waals surface area contributed by atoms with Gasteiger partial charge in [0, 0.05) is 35.9 Å². The number of ether oxygens (including phenoxy) is 1. The molecule has 0 saturated heterocycles. The van der Waals surface area contributed by atoms with Gasteiger partial charge in [-0.15, -0.1) is 10.2 Å². The molecule has 0 aliphatic heterocycles. The molecule has 4 rings (SSSR count). The Morgan fingerprint density at radius 2 is 1.72 bits per heavy atom. The molecule has 0 spiro atoms. The standard InChI is InChI=1S/C26H27N7O3/c1-3-5-6-22-27-16-21(26(35)36-4-2)25(29-22)28-15-17-7-9-18(10-8-17)23(34)19-11-13-20(14-12-19)24-30-32-33-31-24/h7-14,16H,3-6,15H2,1-2H3,(H,27,28,29)(H,30,31,32,33). The Bertz CT molecular complexity index is 1300. The molecule has 10 heteroatoms. The number of hydrogen-bond acceptors (Lipinski definition) is 9. The van der Waals surface area contributed by atoms with E-state index in [0.717, 1.165) is 30.4 Å². The summed E-state index contributed by atoms with van der Waals surface area (Å²) in [6.07, 6.45) is 4.25. The van der Waals surface area contributed by atoms with Gasteiger partial charge in [0.1, 0.15) is 17.2 Å². The Kier molecular flexibility index (Phi) is 8.07. The minimum Gasteiger partial charge on any atom is -0.462 e. The van der Waals surface area contributed by atoms with E-state index >= 15 is 0 Å². The van der Waals surface area contributed by atoms with Crippen molar-refractivity contribution < 1.29 is 14.3 Å². The molecular formula is C26H27N7O3. The van der Waals surface area contributed by atoms with E-state index < -0.39 is 5.97 Å². The number of aromatic amines is 1. The zero-order valence-corrected chi connectivity index (χ0v) is 20.2. The number of aryl methyl sites for hydroxylation is 1. The number of hydrogen-bond donors (Lipinski definition) is 2. The first-order valence-corrected chi connectivity index (χ1v) is 11.8. The van der Waals surface area contributed by atoms with Gasteiger partial charge in [0.05, 0.1) is 6.61 Å². The van der Waals surface area contributed by atoms with Crippen LogP contribution < -0.4 is 5.32 Å². The maximum Gasteiger partial charge on any atom is 0.343 e. The van der Waals surface area contributed by atoms with E-state index in [0.29, 0.717) is 40.7 Å². The van der Waals surface area contributed by atoms with E-state index in [2.05, 4.69) is 42.8 Å². The molecule has 2 heterocycles. The molecule has 0 bridgehead atoms. The summed E-state index contributed by atoms with van der Waals surface area (Å²) in [5, 5.41) is 17.1. The lowest BCUT2D eigenvalue weighted by Crippen LogP contribution is -2.14. The summed E-state index contributed by atoms with van der Waals surface area (Å²) < 4.78 is 5.15. The lowest BCUT2D eigenvalue weighted by atomic mass is 10.0. The number of benzene rings is 2. The van der Waals surface area contributed by atoms with E-state index in [4.69, 9.17) is 4.74 Å². The third-order valence-electron chi connectivity index (χ3n) is 5.51. The molecule has 36 heavy (non-hydrogen) atoms. The lowest BCUT2D eigenvalue weighted by molar-refractivity contribution is 0.0526. The number of ketones is 1. The van der Waals surface area contributed by atoms with E-state index in [1.54, 1.807) is 43.3 Å². The number of esters is 1. The summed E-state index contributed by atoms with van der Waals surface area (Å²) in [4.78, 5) is 34.1. The molecule has 2 N–H and O–H groups in total. The first-order valence-electron chi connectivity index (χ1n) is 11.8. The van der Waals surface area contributed by atoms with Crippen LogP contribution in [-0.4, -0.2) is 49.0 Å². The number of carbonyl (C=O) groups excluding carboxylic acids is 2. The monoisotopic (exact) mass is 485 g/mol. The van der Waals surface area contributed by atoms with Crippen LogP contribution in [0.25, 0.3) is 11.4 Å². The van der Waals surface area contributed by atoms with Crippen molar-refractivity contribution in [2.24, 2.45) is 0 Å². The Balaban J connectivity index is 1.44. The fraction of sp³-hybridized carbons (Fsp3) is 0.269. The molecule has 2 aromatic carbocycles. The summed E-state index contributed by atoms with van der Waals surface area (Å²) in [7, 11) is 0. The van der Waals surface area contributed by atoms with Crippen LogP contribution in [0.5, 0.6) is 0 Å². The van der Waals surface area contributed by atoms with Gasteiger partial charge >= 0.3 is 5.97 Å². The van der Waals surface area contributed by atoms with Gasteiger partial charge < -0.3 is 10.1 Å². The fourth-order valence-corrected chi connectivity index (χ4v) is 3.55. The molecule has 0 radical (unpaired) electrons. The predicted molar refractivity (Wildman–Crippen MR) is 133 cm³/mol. The van der Waals surface area contributed by atoms with Gasteiger partial charge in [-0.1, -0.05) is 61.9 Å². The number of H-pyrrole nitrogens is 1. The fourth-order valence-electron chi connectivity index (χ4n) is 3.55. The predicted octanol–water partition coefficient (Wildman–Crippen LogP) is 4.02. The molecule has 10 nitrogen and oxygen atoms in total. The highest BCUT2D eigenvalue weighted by molar-refractivity contribution is 6.09. The second kappa shape index (κ2) is 11.8. The zero-order valence-electron chi connectivity index (χ0n) is 20.2. The van der Waals surface area contributed by atoms with Crippen LogP contribution in [-0.2, 0) is 17.7 Å². The molecule has 2 aromatic heterocycles. The van der Waals surface area contributed by atoms with Crippen molar-refractivity contribution in [3.63, 3.8) is 0 Å². The minimum atomic E-state index is -0.465. The van der Waals surface area contributed by atoms with Crippen LogP contribution in [0.2, 0.25) is 0 Å². The van der Waals surface area contributed by atoms with Gasteiger partial charge in [-0.05, 0) is 24.1 Å². The normalized spacial score (nSPS) is 10.7. The van der Waals surface area contributed by atoms with Crippen molar-refractivity contribution in [3.8, 4) is 11.4 Å². The SMILES string of the molecule is CCCCc1ncc(C(=O)OCC)c(NCc2ccc(C(=O)c3ccc(-c4nn[nH]n4)cc3)cc2)n1. The lowest BCUT2D eigenvalue weighted by Gasteiger charge is -2.12. The first kappa shape index (κ1) is 24.6. The van der Waals surface area contributed by atoms with Crippen LogP contribution in [0.1, 0.15) is 64.4 Å². The quantitative estimate of drug-likeness (QED) is 0.238. The Labute approximate surface area is 208 Å². The van der Waals surface area contributed by atoms with Gasteiger partial charge in [-0.3, -0.25) is 4.79 Å². The highest BCUT2D eigenvalue weighted by Gasteiger charge is 2.16. The third kappa shape index (κ3) is 5.96. The smallest absolute Gasteiger partial charge is 0.343 e. The highest BCUT2D eigenvalue weighted by atomic mass is 16.5. The molecule has 0 aliphatic rings. The van der Waals surface area contributed by atoms with Crippen LogP contribution in [0, 0.1) is 0 Å². The molecule has 184 valence electrons. The molecule has 0 fully saturated rings. The van der Waals surface area contributed by atoms with E-state index in [9.17, 15) is 9.59 Å². The molecular weight excluding hydrogens is 458 g/mol. The summed E-state index contributed by atoms with van der Waals surface area (Å²) in [5.74, 6) is 1.04. The summed E-state index contributed by atoms with van der Waals surface area (Å²) in [6.45, 7) is 4.55. The van der Waals surface area contributed by atoms with Crippen LogP contribution >= 0.6 is 0 Å². The van der Waals surface area contributed by atoms with E-state index in [-0.39, 0.29) is 12.4 Å².